The Kier molecular flexibility index (Phi) is 3.63. The number of benzene rings is 1. The third kappa shape index (κ3) is 2.64. The van der Waals surface area contributed by atoms with E-state index in [1.54, 1.807) is 18.3 Å². The van der Waals surface area contributed by atoms with E-state index in [-0.39, 0.29) is 11.9 Å². The third-order valence-electron chi connectivity index (χ3n) is 3.39. The summed E-state index contributed by atoms with van der Waals surface area (Å²) in [5, 5.41) is 3.05. The molecular formula is C16H16N2O2. The van der Waals surface area contributed by atoms with E-state index in [1.807, 2.05) is 30.3 Å². The summed E-state index contributed by atoms with van der Waals surface area (Å²) in [5.41, 5.74) is 1.48. The second-order valence-electron chi connectivity index (χ2n) is 4.77. The highest BCUT2D eigenvalue weighted by molar-refractivity contribution is 5.92. The summed E-state index contributed by atoms with van der Waals surface area (Å²) >= 11 is 0. The summed E-state index contributed by atoms with van der Waals surface area (Å²) in [6.45, 7) is 0.687. The second kappa shape index (κ2) is 5.74. The SMILES string of the molecule is O=C(NC1CCCOc2ccccc21)c1ccccn1. The van der Waals surface area contributed by atoms with Crippen molar-refractivity contribution in [3.05, 3.63) is 59.9 Å². The molecule has 3 rings (SSSR count). The number of hydrogen-bond acceptors (Lipinski definition) is 3. The maximum atomic E-state index is 12.2. The summed E-state index contributed by atoms with van der Waals surface area (Å²) in [6.07, 6.45) is 3.41. The van der Waals surface area contributed by atoms with Crippen LogP contribution in [0, 0.1) is 0 Å². The lowest BCUT2D eigenvalue weighted by molar-refractivity contribution is 0.0929. The highest BCUT2D eigenvalue weighted by Crippen LogP contribution is 2.31. The summed E-state index contributed by atoms with van der Waals surface area (Å²) in [4.78, 5) is 16.3. The fourth-order valence-corrected chi connectivity index (χ4v) is 2.40. The lowest BCUT2D eigenvalue weighted by Crippen LogP contribution is -2.29. The van der Waals surface area contributed by atoms with Crippen LogP contribution in [0.25, 0.3) is 0 Å². The van der Waals surface area contributed by atoms with Gasteiger partial charge in [0.2, 0.25) is 0 Å². The van der Waals surface area contributed by atoms with E-state index in [2.05, 4.69) is 10.3 Å². The van der Waals surface area contributed by atoms with E-state index in [0.717, 1.165) is 24.2 Å². The molecule has 4 nitrogen and oxygen atoms in total. The predicted octanol–water partition coefficient (Wildman–Crippen LogP) is 2.73. The normalized spacial score (nSPS) is 17.5. The molecule has 2 aromatic rings. The minimum Gasteiger partial charge on any atom is -0.493 e. The molecule has 1 N–H and O–H groups in total. The molecule has 1 atom stereocenters. The lowest BCUT2D eigenvalue weighted by atomic mass is 10.0. The van der Waals surface area contributed by atoms with Crippen LogP contribution in [0.15, 0.2) is 48.7 Å². The van der Waals surface area contributed by atoms with Gasteiger partial charge in [0.15, 0.2) is 0 Å². The molecule has 0 radical (unpaired) electrons. The molecule has 2 heterocycles. The Morgan fingerprint density at radius 3 is 2.90 bits per heavy atom. The summed E-state index contributed by atoms with van der Waals surface area (Å²) in [5.74, 6) is 0.712. The van der Waals surface area contributed by atoms with Gasteiger partial charge >= 0.3 is 0 Å². The zero-order valence-corrected chi connectivity index (χ0v) is 11.1. The lowest BCUT2D eigenvalue weighted by Gasteiger charge is -2.18. The number of aromatic nitrogens is 1. The Balaban J connectivity index is 1.82. The minimum absolute atomic E-state index is 0.0248. The van der Waals surface area contributed by atoms with Crippen LogP contribution in [0.2, 0.25) is 0 Å². The molecular weight excluding hydrogens is 252 g/mol. The number of hydrogen-bond donors (Lipinski definition) is 1. The number of fused-ring (bicyclic) bond motifs is 1. The number of para-hydroxylation sites is 1. The monoisotopic (exact) mass is 268 g/mol. The molecule has 1 amide bonds. The zero-order valence-electron chi connectivity index (χ0n) is 11.1. The van der Waals surface area contributed by atoms with Crippen molar-refractivity contribution in [2.75, 3.05) is 6.61 Å². The third-order valence-corrected chi connectivity index (χ3v) is 3.39. The zero-order chi connectivity index (χ0) is 13.8. The van der Waals surface area contributed by atoms with Crippen molar-refractivity contribution in [2.45, 2.75) is 18.9 Å². The van der Waals surface area contributed by atoms with Crippen LogP contribution in [-0.2, 0) is 0 Å². The van der Waals surface area contributed by atoms with Crippen molar-refractivity contribution in [1.29, 1.82) is 0 Å². The maximum Gasteiger partial charge on any atom is 0.270 e. The van der Waals surface area contributed by atoms with Crippen LogP contribution >= 0.6 is 0 Å². The highest BCUT2D eigenvalue weighted by Gasteiger charge is 2.21. The van der Waals surface area contributed by atoms with Crippen molar-refractivity contribution >= 4 is 5.91 Å². The molecule has 4 heteroatoms. The van der Waals surface area contributed by atoms with Crippen molar-refractivity contribution in [1.82, 2.24) is 10.3 Å². The Bertz CT molecular complexity index is 598. The maximum absolute atomic E-state index is 12.2. The number of nitrogens with zero attached hydrogens (tertiary/aromatic N) is 1. The highest BCUT2D eigenvalue weighted by atomic mass is 16.5. The van der Waals surface area contributed by atoms with E-state index in [4.69, 9.17) is 4.74 Å². The topological polar surface area (TPSA) is 51.2 Å². The molecule has 0 bridgehead atoms. The first-order valence-corrected chi connectivity index (χ1v) is 6.78. The van der Waals surface area contributed by atoms with Gasteiger partial charge in [0.1, 0.15) is 11.4 Å². The van der Waals surface area contributed by atoms with Crippen LogP contribution in [0.1, 0.15) is 34.9 Å². The number of carbonyl (C=O) groups is 1. The van der Waals surface area contributed by atoms with Gasteiger partial charge in [-0.3, -0.25) is 9.78 Å². The van der Waals surface area contributed by atoms with Crippen molar-refractivity contribution < 1.29 is 9.53 Å². The standard InChI is InChI=1S/C16H16N2O2/c19-16(14-7-3-4-10-17-14)18-13-8-5-11-20-15-9-2-1-6-12(13)15/h1-4,6-7,9-10,13H,5,8,11H2,(H,18,19). The summed E-state index contributed by atoms with van der Waals surface area (Å²) in [6, 6.07) is 13.2. The van der Waals surface area contributed by atoms with Crippen LogP contribution in [0.4, 0.5) is 0 Å². The molecule has 1 aromatic carbocycles. The molecule has 102 valence electrons. The van der Waals surface area contributed by atoms with Gasteiger partial charge in [0.05, 0.1) is 12.6 Å². The van der Waals surface area contributed by atoms with E-state index in [1.165, 1.54) is 0 Å². The minimum atomic E-state index is -0.146. The first-order valence-electron chi connectivity index (χ1n) is 6.78. The van der Waals surface area contributed by atoms with Crippen LogP contribution in [0.3, 0.4) is 0 Å². The van der Waals surface area contributed by atoms with E-state index in [0.29, 0.717) is 12.3 Å². The molecule has 1 aliphatic rings. The smallest absolute Gasteiger partial charge is 0.270 e. The first-order chi connectivity index (χ1) is 9.84. The average molecular weight is 268 g/mol. The molecule has 1 unspecified atom stereocenters. The average Bonchev–Trinajstić information content (AvgIpc) is 2.71. The van der Waals surface area contributed by atoms with Gasteiger partial charge in [-0.15, -0.1) is 0 Å². The number of rotatable bonds is 2. The first kappa shape index (κ1) is 12.7. The Hall–Kier alpha value is -2.36. The van der Waals surface area contributed by atoms with Crippen LogP contribution < -0.4 is 10.1 Å². The molecule has 0 saturated heterocycles. The molecule has 1 aromatic heterocycles. The molecule has 0 fully saturated rings. The largest absolute Gasteiger partial charge is 0.493 e. The predicted molar refractivity (Wildman–Crippen MR) is 75.6 cm³/mol. The summed E-state index contributed by atoms with van der Waals surface area (Å²) in [7, 11) is 0. The number of carbonyl (C=O) groups excluding carboxylic acids is 1. The van der Waals surface area contributed by atoms with Gasteiger partial charge in [-0.2, -0.15) is 0 Å². The van der Waals surface area contributed by atoms with E-state index < -0.39 is 0 Å². The fraction of sp³-hybridized carbons (Fsp3) is 0.250. The van der Waals surface area contributed by atoms with Crippen LogP contribution in [-0.4, -0.2) is 17.5 Å². The van der Waals surface area contributed by atoms with Gasteiger partial charge < -0.3 is 10.1 Å². The molecule has 0 spiro atoms. The van der Waals surface area contributed by atoms with Crippen molar-refractivity contribution in [3.63, 3.8) is 0 Å². The summed E-state index contributed by atoms with van der Waals surface area (Å²) < 4.78 is 5.70. The van der Waals surface area contributed by atoms with Crippen molar-refractivity contribution in [3.8, 4) is 5.75 Å². The van der Waals surface area contributed by atoms with Gasteiger partial charge in [-0.05, 0) is 31.0 Å². The Labute approximate surface area is 117 Å². The second-order valence-corrected chi connectivity index (χ2v) is 4.77. The number of pyridine rings is 1. The molecule has 1 aliphatic heterocycles. The number of nitrogens with one attached hydrogen (secondary N) is 1. The number of amides is 1. The van der Waals surface area contributed by atoms with E-state index in [9.17, 15) is 4.79 Å². The number of ether oxygens (including phenoxy) is 1. The Morgan fingerprint density at radius 1 is 1.20 bits per heavy atom. The van der Waals surface area contributed by atoms with Gasteiger partial charge in [-0.25, -0.2) is 0 Å². The van der Waals surface area contributed by atoms with Gasteiger partial charge in [0, 0.05) is 11.8 Å². The van der Waals surface area contributed by atoms with Gasteiger partial charge in [0.25, 0.3) is 5.91 Å². The fourth-order valence-electron chi connectivity index (χ4n) is 2.40. The molecule has 0 saturated carbocycles. The molecule has 20 heavy (non-hydrogen) atoms. The van der Waals surface area contributed by atoms with Crippen LogP contribution in [0.5, 0.6) is 5.75 Å². The van der Waals surface area contributed by atoms with Gasteiger partial charge in [-0.1, -0.05) is 24.3 Å². The quantitative estimate of drug-likeness (QED) is 0.911. The molecule has 0 aliphatic carbocycles. The van der Waals surface area contributed by atoms with E-state index >= 15 is 0 Å². The van der Waals surface area contributed by atoms with Crippen molar-refractivity contribution in [2.24, 2.45) is 0 Å². The Morgan fingerprint density at radius 2 is 2.05 bits per heavy atom.